The number of aromatic nitrogens is 2. The zero-order valence-corrected chi connectivity index (χ0v) is 15.5. The highest BCUT2D eigenvalue weighted by molar-refractivity contribution is 5.80. The second-order valence-corrected chi connectivity index (χ2v) is 6.68. The lowest BCUT2D eigenvalue weighted by Crippen LogP contribution is -2.38. The van der Waals surface area contributed by atoms with Gasteiger partial charge in [0.05, 0.1) is 24.9 Å². The SMILES string of the molecule is CN=C(NCc1ccnn1C)NC(C)c1ccc(OCC2CC2)c(F)c1. The number of halogens is 1. The van der Waals surface area contributed by atoms with Crippen molar-refractivity contribution in [2.24, 2.45) is 18.0 Å². The molecule has 0 radical (unpaired) electrons. The van der Waals surface area contributed by atoms with Crippen LogP contribution >= 0.6 is 0 Å². The number of guanidine groups is 1. The lowest BCUT2D eigenvalue weighted by molar-refractivity contribution is 0.285. The third-order valence-electron chi connectivity index (χ3n) is 4.56. The first-order valence-electron chi connectivity index (χ1n) is 8.93. The van der Waals surface area contributed by atoms with Crippen LogP contribution in [0.1, 0.15) is 37.1 Å². The molecule has 0 aliphatic heterocycles. The van der Waals surface area contributed by atoms with Gasteiger partial charge in [-0.05, 0) is 49.4 Å². The maximum absolute atomic E-state index is 14.3. The number of rotatable bonds is 7. The lowest BCUT2D eigenvalue weighted by atomic mass is 10.1. The Hall–Kier alpha value is -2.57. The van der Waals surface area contributed by atoms with Crippen molar-refractivity contribution in [3.63, 3.8) is 0 Å². The van der Waals surface area contributed by atoms with Crippen LogP contribution in [0.3, 0.4) is 0 Å². The predicted molar refractivity (Wildman–Crippen MR) is 99.6 cm³/mol. The molecule has 2 aromatic rings. The van der Waals surface area contributed by atoms with Gasteiger partial charge in [0.15, 0.2) is 17.5 Å². The highest BCUT2D eigenvalue weighted by atomic mass is 19.1. The molecule has 0 amide bonds. The van der Waals surface area contributed by atoms with E-state index in [4.69, 9.17) is 4.74 Å². The van der Waals surface area contributed by atoms with Crippen LogP contribution < -0.4 is 15.4 Å². The average molecular weight is 359 g/mol. The van der Waals surface area contributed by atoms with Crippen molar-refractivity contribution in [1.82, 2.24) is 20.4 Å². The smallest absolute Gasteiger partial charge is 0.191 e. The van der Waals surface area contributed by atoms with Gasteiger partial charge in [-0.25, -0.2) is 4.39 Å². The molecule has 7 heteroatoms. The molecule has 0 saturated heterocycles. The first-order valence-corrected chi connectivity index (χ1v) is 8.93. The summed E-state index contributed by atoms with van der Waals surface area (Å²) < 4.78 is 21.6. The summed E-state index contributed by atoms with van der Waals surface area (Å²) in [6, 6.07) is 6.96. The second kappa shape index (κ2) is 8.21. The molecule has 0 spiro atoms. The number of nitrogens with one attached hydrogen (secondary N) is 2. The average Bonchev–Trinajstić information content (AvgIpc) is 3.38. The van der Waals surface area contributed by atoms with Crippen LogP contribution in [-0.2, 0) is 13.6 Å². The fourth-order valence-corrected chi connectivity index (χ4v) is 2.63. The zero-order valence-electron chi connectivity index (χ0n) is 15.5. The van der Waals surface area contributed by atoms with E-state index in [9.17, 15) is 4.39 Å². The van der Waals surface area contributed by atoms with Crippen molar-refractivity contribution in [3.8, 4) is 5.75 Å². The van der Waals surface area contributed by atoms with E-state index in [-0.39, 0.29) is 11.9 Å². The quantitative estimate of drug-likeness (QED) is 0.589. The molecule has 1 aliphatic carbocycles. The number of ether oxygens (including phenoxy) is 1. The van der Waals surface area contributed by atoms with E-state index in [0.29, 0.717) is 30.8 Å². The molecule has 1 unspecified atom stereocenters. The molecular weight excluding hydrogens is 333 g/mol. The summed E-state index contributed by atoms with van der Waals surface area (Å²) in [4.78, 5) is 4.22. The van der Waals surface area contributed by atoms with Crippen LogP contribution in [-0.4, -0.2) is 29.4 Å². The number of aryl methyl sites for hydroxylation is 1. The Bertz CT molecular complexity index is 769. The van der Waals surface area contributed by atoms with E-state index in [0.717, 1.165) is 11.3 Å². The highest BCUT2D eigenvalue weighted by Crippen LogP contribution is 2.30. The third-order valence-corrected chi connectivity index (χ3v) is 4.56. The summed E-state index contributed by atoms with van der Waals surface area (Å²) in [7, 11) is 3.60. The number of aliphatic imine (C=N–C) groups is 1. The largest absolute Gasteiger partial charge is 0.490 e. The minimum Gasteiger partial charge on any atom is -0.490 e. The van der Waals surface area contributed by atoms with Crippen LogP contribution in [0.2, 0.25) is 0 Å². The maximum Gasteiger partial charge on any atom is 0.191 e. The maximum atomic E-state index is 14.3. The van der Waals surface area contributed by atoms with Crippen molar-refractivity contribution in [2.75, 3.05) is 13.7 Å². The van der Waals surface area contributed by atoms with Crippen LogP contribution in [0, 0.1) is 11.7 Å². The van der Waals surface area contributed by atoms with Gasteiger partial charge in [-0.3, -0.25) is 9.67 Å². The fourth-order valence-electron chi connectivity index (χ4n) is 2.63. The van der Waals surface area contributed by atoms with Gasteiger partial charge in [-0.15, -0.1) is 0 Å². The van der Waals surface area contributed by atoms with Crippen molar-refractivity contribution >= 4 is 5.96 Å². The van der Waals surface area contributed by atoms with E-state index in [1.165, 1.54) is 18.9 Å². The van der Waals surface area contributed by atoms with E-state index >= 15 is 0 Å². The van der Waals surface area contributed by atoms with Gasteiger partial charge in [0, 0.05) is 20.3 Å². The summed E-state index contributed by atoms with van der Waals surface area (Å²) in [6.45, 7) is 3.18. The Morgan fingerprint density at radius 1 is 1.42 bits per heavy atom. The Balaban J connectivity index is 1.56. The van der Waals surface area contributed by atoms with Crippen molar-refractivity contribution < 1.29 is 9.13 Å². The van der Waals surface area contributed by atoms with Gasteiger partial charge in [0.1, 0.15) is 0 Å². The Kier molecular flexibility index (Phi) is 5.75. The van der Waals surface area contributed by atoms with Crippen molar-refractivity contribution in [3.05, 3.63) is 47.5 Å². The Labute approximate surface area is 153 Å². The number of nitrogens with zero attached hydrogens (tertiary/aromatic N) is 3. The summed E-state index contributed by atoms with van der Waals surface area (Å²) in [5.74, 6) is 1.25. The molecule has 2 N–H and O–H groups in total. The standard InChI is InChI=1S/C19H26FN5O/c1-13(24-19(21-2)22-11-16-8-9-23-25(16)3)15-6-7-18(17(20)10-15)26-12-14-4-5-14/h6-10,13-14H,4-5,11-12H2,1-3H3,(H2,21,22,24). The predicted octanol–water partition coefficient (Wildman–Crippen LogP) is 2.77. The Morgan fingerprint density at radius 3 is 2.85 bits per heavy atom. The lowest BCUT2D eigenvalue weighted by Gasteiger charge is -2.19. The Morgan fingerprint density at radius 2 is 2.23 bits per heavy atom. The number of hydrogen-bond donors (Lipinski definition) is 2. The van der Waals surface area contributed by atoms with E-state index < -0.39 is 0 Å². The topological polar surface area (TPSA) is 63.5 Å². The number of benzene rings is 1. The molecule has 1 aliphatic rings. The van der Waals surface area contributed by atoms with Gasteiger partial charge < -0.3 is 15.4 Å². The molecular formula is C19H26FN5O. The molecule has 140 valence electrons. The molecule has 1 fully saturated rings. The van der Waals surface area contributed by atoms with Gasteiger partial charge >= 0.3 is 0 Å². The van der Waals surface area contributed by atoms with Crippen LogP contribution in [0.5, 0.6) is 5.75 Å². The van der Waals surface area contributed by atoms with Gasteiger partial charge in [0.2, 0.25) is 0 Å². The summed E-state index contributed by atoms with van der Waals surface area (Å²) >= 11 is 0. The molecule has 1 aromatic heterocycles. The van der Waals surface area contributed by atoms with E-state index in [1.54, 1.807) is 24.0 Å². The van der Waals surface area contributed by atoms with Gasteiger partial charge in [0.25, 0.3) is 0 Å². The van der Waals surface area contributed by atoms with Crippen LogP contribution in [0.4, 0.5) is 4.39 Å². The van der Waals surface area contributed by atoms with Gasteiger partial charge in [-0.1, -0.05) is 6.07 Å². The molecule has 0 bridgehead atoms. The molecule has 1 saturated carbocycles. The number of hydrogen-bond acceptors (Lipinski definition) is 3. The summed E-state index contributed by atoms with van der Waals surface area (Å²) in [5, 5.41) is 10.7. The third kappa shape index (κ3) is 4.74. The van der Waals surface area contributed by atoms with Crippen molar-refractivity contribution in [1.29, 1.82) is 0 Å². The van der Waals surface area contributed by atoms with E-state index in [2.05, 4.69) is 20.7 Å². The molecule has 26 heavy (non-hydrogen) atoms. The monoisotopic (exact) mass is 359 g/mol. The molecule has 1 heterocycles. The van der Waals surface area contributed by atoms with E-state index in [1.807, 2.05) is 26.1 Å². The fraction of sp³-hybridized carbons (Fsp3) is 0.474. The first-order chi connectivity index (χ1) is 12.6. The minimum absolute atomic E-state index is 0.0975. The van der Waals surface area contributed by atoms with Gasteiger partial charge in [-0.2, -0.15) is 5.10 Å². The van der Waals surface area contributed by atoms with Crippen molar-refractivity contribution in [2.45, 2.75) is 32.4 Å². The molecule has 1 atom stereocenters. The van der Waals surface area contributed by atoms with Crippen LogP contribution in [0.25, 0.3) is 0 Å². The molecule has 6 nitrogen and oxygen atoms in total. The molecule has 3 rings (SSSR count). The summed E-state index contributed by atoms with van der Waals surface area (Å²) in [5.41, 5.74) is 1.88. The minimum atomic E-state index is -0.324. The normalized spacial score (nSPS) is 15.6. The highest BCUT2D eigenvalue weighted by Gasteiger charge is 2.22. The van der Waals surface area contributed by atoms with Crippen LogP contribution in [0.15, 0.2) is 35.5 Å². The second-order valence-electron chi connectivity index (χ2n) is 6.68. The zero-order chi connectivity index (χ0) is 18.5. The first kappa shape index (κ1) is 18.2. The summed E-state index contributed by atoms with van der Waals surface area (Å²) in [6.07, 6.45) is 4.13. The molecule has 1 aromatic carbocycles.